The molecule has 2 rings (SSSR count). The largest absolute Gasteiger partial charge is 0.478 e. The van der Waals surface area contributed by atoms with Crippen molar-refractivity contribution in [3.05, 3.63) is 52.2 Å². The molecule has 0 aliphatic heterocycles. The first kappa shape index (κ1) is 12.3. The molecule has 1 heterocycles. The summed E-state index contributed by atoms with van der Waals surface area (Å²) in [7, 11) is 0. The molecule has 2 N–H and O–H groups in total. The van der Waals surface area contributed by atoms with Crippen LogP contribution in [-0.2, 0) is 0 Å². The van der Waals surface area contributed by atoms with Crippen LogP contribution >= 0.6 is 11.8 Å². The van der Waals surface area contributed by atoms with Gasteiger partial charge in [-0.15, -0.1) is 0 Å². The van der Waals surface area contributed by atoms with Crippen molar-refractivity contribution in [1.29, 1.82) is 0 Å². The number of nitrogens with one attached hydrogen (secondary N) is 1. The molecule has 0 amide bonds. The number of carboxylic acids is 1. The first-order chi connectivity index (χ1) is 8.58. The van der Waals surface area contributed by atoms with Crippen molar-refractivity contribution < 1.29 is 14.3 Å². The van der Waals surface area contributed by atoms with Crippen LogP contribution in [0.3, 0.4) is 0 Å². The third-order valence-corrected chi connectivity index (χ3v) is 3.00. The maximum absolute atomic E-state index is 13.4. The fourth-order valence-electron chi connectivity index (χ4n) is 1.30. The fourth-order valence-corrected chi connectivity index (χ4v) is 2.21. The Labute approximate surface area is 105 Å². The van der Waals surface area contributed by atoms with Crippen LogP contribution < -0.4 is 5.56 Å². The molecule has 1 aromatic heterocycles. The van der Waals surface area contributed by atoms with E-state index in [1.807, 2.05) is 0 Å². The van der Waals surface area contributed by atoms with Crippen LogP contribution in [0.15, 0.2) is 45.3 Å². The molecule has 0 radical (unpaired) electrons. The summed E-state index contributed by atoms with van der Waals surface area (Å²) in [5.74, 6) is -2.19. The van der Waals surface area contributed by atoms with Gasteiger partial charge in [0.15, 0.2) is 5.16 Å². The van der Waals surface area contributed by atoms with E-state index in [0.717, 1.165) is 17.8 Å². The minimum Gasteiger partial charge on any atom is -0.478 e. The Morgan fingerprint density at radius 1 is 1.39 bits per heavy atom. The molecule has 0 unspecified atom stereocenters. The zero-order valence-electron chi connectivity index (χ0n) is 8.88. The van der Waals surface area contributed by atoms with Crippen molar-refractivity contribution in [2.24, 2.45) is 0 Å². The number of halogens is 1. The first-order valence-electron chi connectivity index (χ1n) is 4.83. The number of carbonyl (C=O) groups is 1. The van der Waals surface area contributed by atoms with Crippen LogP contribution in [0.25, 0.3) is 0 Å². The minimum atomic E-state index is -1.37. The van der Waals surface area contributed by atoms with Gasteiger partial charge in [0.05, 0.1) is 0 Å². The predicted octanol–water partition coefficient (Wildman–Crippen LogP) is 1.76. The molecule has 1 aromatic carbocycles. The van der Waals surface area contributed by atoms with Crippen molar-refractivity contribution in [2.45, 2.75) is 10.1 Å². The van der Waals surface area contributed by atoms with Gasteiger partial charge < -0.3 is 10.1 Å². The highest BCUT2D eigenvalue weighted by Gasteiger charge is 2.16. The molecule has 18 heavy (non-hydrogen) atoms. The molecule has 0 fully saturated rings. The van der Waals surface area contributed by atoms with Crippen LogP contribution in [-0.4, -0.2) is 21.0 Å². The van der Waals surface area contributed by atoms with Gasteiger partial charge in [-0.1, -0.05) is 17.8 Å². The van der Waals surface area contributed by atoms with Gasteiger partial charge in [-0.3, -0.25) is 4.79 Å². The summed E-state index contributed by atoms with van der Waals surface area (Å²) < 4.78 is 13.4. The Balaban J connectivity index is 2.43. The van der Waals surface area contributed by atoms with E-state index in [2.05, 4.69) is 9.97 Å². The number of aromatic amines is 1. The molecular formula is C11H7FN2O3S. The van der Waals surface area contributed by atoms with Gasteiger partial charge in [-0.05, 0) is 12.1 Å². The molecule has 0 saturated carbocycles. The summed E-state index contributed by atoms with van der Waals surface area (Å²) in [5.41, 5.74) is -0.796. The van der Waals surface area contributed by atoms with Crippen LogP contribution in [0.2, 0.25) is 0 Å². The molecule has 0 spiro atoms. The predicted molar refractivity (Wildman–Crippen MR) is 62.3 cm³/mol. The van der Waals surface area contributed by atoms with Crippen LogP contribution in [0.5, 0.6) is 0 Å². The summed E-state index contributed by atoms with van der Waals surface area (Å²) in [4.78, 5) is 28.5. The Morgan fingerprint density at radius 2 is 2.17 bits per heavy atom. The number of hydrogen-bond acceptors (Lipinski definition) is 4. The normalized spacial score (nSPS) is 10.3. The van der Waals surface area contributed by atoms with Gasteiger partial charge in [-0.2, -0.15) is 0 Å². The maximum atomic E-state index is 13.4. The van der Waals surface area contributed by atoms with Crippen LogP contribution in [0.1, 0.15) is 10.4 Å². The second-order valence-electron chi connectivity index (χ2n) is 3.26. The summed E-state index contributed by atoms with van der Waals surface area (Å²) in [6, 6.07) is 5.14. The van der Waals surface area contributed by atoms with Gasteiger partial charge in [0.25, 0.3) is 5.56 Å². The van der Waals surface area contributed by atoms with Gasteiger partial charge >= 0.3 is 5.97 Å². The third-order valence-electron chi connectivity index (χ3n) is 2.04. The minimum absolute atomic E-state index is 0.178. The number of H-pyrrole nitrogens is 1. The number of aromatic nitrogens is 2. The highest BCUT2D eigenvalue weighted by molar-refractivity contribution is 7.99. The lowest BCUT2D eigenvalue weighted by atomic mass is 10.2. The van der Waals surface area contributed by atoms with E-state index in [4.69, 9.17) is 5.11 Å². The Morgan fingerprint density at radius 3 is 2.83 bits per heavy atom. The Kier molecular flexibility index (Phi) is 3.42. The van der Waals surface area contributed by atoms with E-state index in [0.29, 0.717) is 0 Å². The molecular weight excluding hydrogens is 259 g/mol. The summed E-state index contributed by atoms with van der Waals surface area (Å²) in [6.07, 6.45) is 1.29. The highest BCUT2D eigenvalue weighted by atomic mass is 32.2. The lowest BCUT2D eigenvalue weighted by molar-refractivity contribution is 0.0688. The van der Waals surface area contributed by atoms with E-state index in [1.54, 1.807) is 0 Å². The molecule has 0 atom stereocenters. The summed E-state index contributed by atoms with van der Waals surface area (Å²) in [5, 5.41) is 9.14. The zero-order valence-corrected chi connectivity index (χ0v) is 9.70. The molecule has 7 heteroatoms. The first-order valence-corrected chi connectivity index (χ1v) is 5.64. The number of rotatable bonds is 3. The number of nitrogens with zero attached hydrogens (tertiary/aromatic N) is 1. The summed E-state index contributed by atoms with van der Waals surface area (Å²) >= 11 is 0.883. The molecule has 5 nitrogen and oxygen atoms in total. The third kappa shape index (κ3) is 2.57. The standard InChI is InChI=1S/C11H7FN2O3S/c12-6-2-1-3-7(9(6)10(16)17)18-11-13-5-4-8(15)14-11/h1-5H,(H,16,17)(H,13,14,15). The van der Waals surface area contributed by atoms with Crippen molar-refractivity contribution in [3.63, 3.8) is 0 Å². The van der Waals surface area contributed by atoms with Crippen molar-refractivity contribution in [3.8, 4) is 0 Å². The average Bonchev–Trinajstić information content (AvgIpc) is 2.28. The second kappa shape index (κ2) is 5.01. The molecule has 0 bridgehead atoms. The van der Waals surface area contributed by atoms with Crippen molar-refractivity contribution in [2.75, 3.05) is 0 Å². The number of hydrogen-bond donors (Lipinski definition) is 2. The summed E-state index contributed by atoms with van der Waals surface area (Å²) in [6.45, 7) is 0. The van der Waals surface area contributed by atoms with Gasteiger partial charge in [0, 0.05) is 17.2 Å². The molecule has 2 aromatic rings. The molecule has 92 valence electrons. The van der Waals surface area contributed by atoms with Crippen molar-refractivity contribution >= 4 is 17.7 Å². The molecule has 0 saturated heterocycles. The average molecular weight is 266 g/mol. The van der Waals surface area contributed by atoms with E-state index >= 15 is 0 Å². The van der Waals surface area contributed by atoms with E-state index in [9.17, 15) is 14.0 Å². The van der Waals surface area contributed by atoms with Gasteiger partial charge in [0.1, 0.15) is 11.4 Å². The van der Waals surface area contributed by atoms with E-state index in [-0.39, 0.29) is 15.6 Å². The van der Waals surface area contributed by atoms with Crippen LogP contribution in [0, 0.1) is 5.82 Å². The Bertz CT molecular complexity index is 657. The smallest absolute Gasteiger partial charge is 0.339 e. The van der Waals surface area contributed by atoms with Crippen LogP contribution in [0.4, 0.5) is 4.39 Å². The second-order valence-corrected chi connectivity index (χ2v) is 4.29. The number of aromatic carboxylic acids is 1. The zero-order chi connectivity index (χ0) is 13.1. The molecule has 0 aliphatic carbocycles. The Hall–Kier alpha value is -2.15. The van der Waals surface area contributed by atoms with E-state index < -0.39 is 17.3 Å². The quantitative estimate of drug-likeness (QED) is 0.827. The van der Waals surface area contributed by atoms with Gasteiger partial charge in [-0.25, -0.2) is 14.2 Å². The lowest BCUT2D eigenvalue weighted by Crippen LogP contribution is -2.06. The maximum Gasteiger partial charge on any atom is 0.339 e. The highest BCUT2D eigenvalue weighted by Crippen LogP contribution is 2.28. The SMILES string of the molecule is O=C(O)c1c(F)cccc1Sc1nccc(=O)[nH]1. The lowest BCUT2D eigenvalue weighted by Gasteiger charge is -2.05. The number of carboxylic acid groups (broad SMARTS) is 1. The van der Waals surface area contributed by atoms with Crippen molar-refractivity contribution in [1.82, 2.24) is 9.97 Å². The van der Waals surface area contributed by atoms with E-state index in [1.165, 1.54) is 24.4 Å². The topological polar surface area (TPSA) is 83.0 Å². The monoisotopic (exact) mass is 266 g/mol. The fraction of sp³-hybridized carbons (Fsp3) is 0. The number of benzene rings is 1. The van der Waals surface area contributed by atoms with Gasteiger partial charge in [0.2, 0.25) is 0 Å². The molecule has 0 aliphatic rings.